The summed E-state index contributed by atoms with van der Waals surface area (Å²) in [5.41, 5.74) is 3.97. The normalized spacial score (nSPS) is 22.0. The third kappa shape index (κ3) is 7.59. The number of aryl methyl sites for hydroxylation is 1. The van der Waals surface area contributed by atoms with Crippen molar-refractivity contribution in [1.82, 2.24) is 16.0 Å². The van der Waals surface area contributed by atoms with Gasteiger partial charge in [-0.05, 0) is 63.7 Å². The van der Waals surface area contributed by atoms with Crippen LogP contribution >= 0.6 is 31.9 Å². The average molecular weight is 529 g/mol. The second-order valence-corrected chi connectivity index (χ2v) is 8.45. The van der Waals surface area contributed by atoms with Gasteiger partial charge in [0.15, 0.2) is 0 Å². The number of aromatic hydroxyl groups is 1. The molecule has 2 heterocycles. The van der Waals surface area contributed by atoms with Crippen LogP contribution in [0.4, 0.5) is 0 Å². The van der Waals surface area contributed by atoms with Gasteiger partial charge >= 0.3 is 0 Å². The first-order valence-electron chi connectivity index (χ1n) is 10.3. The number of allylic oxidation sites excluding steroid dienone is 2. The maximum absolute atomic E-state index is 9.77. The molecule has 1 saturated heterocycles. The lowest BCUT2D eigenvalue weighted by Gasteiger charge is -2.29. The summed E-state index contributed by atoms with van der Waals surface area (Å²) in [6.07, 6.45) is 6.23. The topological polar surface area (TPSA) is 56.3 Å². The Morgan fingerprint density at radius 1 is 1.00 bits per heavy atom. The van der Waals surface area contributed by atoms with Gasteiger partial charge in [-0.3, -0.25) is 0 Å². The lowest BCUT2D eigenvalue weighted by atomic mass is 9.88. The van der Waals surface area contributed by atoms with Crippen molar-refractivity contribution in [3.8, 4) is 5.75 Å². The number of nitrogens with one attached hydrogen (secondary N) is 3. The van der Waals surface area contributed by atoms with Crippen molar-refractivity contribution in [2.24, 2.45) is 0 Å². The number of phenols is 1. The first-order chi connectivity index (χ1) is 14.1. The predicted molar refractivity (Wildman–Crippen MR) is 133 cm³/mol. The van der Waals surface area contributed by atoms with Crippen molar-refractivity contribution in [2.75, 3.05) is 26.2 Å². The van der Waals surface area contributed by atoms with Gasteiger partial charge < -0.3 is 21.1 Å². The molecule has 0 spiro atoms. The van der Waals surface area contributed by atoms with Crippen LogP contribution in [0.3, 0.4) is 0 Å². The second kappa shape index (κ2) is 14.0. The number of benzene rings is 1. The number of dihydropyridines is 1. The van der Waals surface area contributed by atoms with Gasteiger partial charge in [0.2, 0.25) is 0 Å². The van der Waals surface area contributed by atoms with Crippen molar-refractivity contribution in [2.45, 2.75) is 45.6 Å². The largest absolute Gasteiger partial charge is 0.508 e. The fourth-order valence-electron chi connectivity index (χ4n) is 3.70. The fourth-order valence-corrected chi connectivity index (χ4v) is 4.98. The van der Waals surface area contributed by atoms with Crippen LogP contribution in [0, 0.1) is 0 Å². The molecule has 0 bridgehead atoms. The molecule has 162 valence electrons. The Kier molecular flexibility index (Phi) is 12.5. The van der Waals surface area contributed by atoms with E-state index in [-0.39, 0.29) is 0 Å². The number of hydrogen-bond acceptors (Lipinski definition) is 4. The predicted octanol–water partition coefficient (Wildman–Crippen LogP) is 5.35. The number of phenolic OH excluding ortho intramolecular Hbond substituents is 1. The number of hydrogen-bond donors (Lipinski definition) is 4. The van der Waals surface area contributed by atoms with E-state index in [2.05, 4.69) is 74.0 Å². The van der Waals surface area contributed by atoms with Crippen LogP contribution in [0.2, 0.25) is 0 Å². The Bertz CT molecular complexity index is 688. The highest BCUT2D eigenvalue weighted by Crippen LogP contribution is 2.41. The van der Waals surface area contributed by atoms with E-state index < -0.39 is 0 Å². The second-order valence-electron chi connectivity index (χ2n) is 6.68. The summed E-state index contributed by atoms with van der Waals surface area (Å²) < 4.78 is 2.10. The lowest BCUT2D eigenvalue weighted by molar-refractivity contribution is 0.473. The number of halogens is 2. The van der Waals surface area contributed by atoms with Crippen LogP contribution in [0.15, 0.2) is 52.1 Å². The summed E-state index contributed by atoms with van der Waals surface area (Å²) in [5.74, 6) is 0.708. The van der Waals surface area contributed by atoms with Crippen molar-refractivity contribution in [3.63, 3.8) is 0 Å². The average Bonchev–Trinajstić information content (AvgIpc) is 2.89. The van der Waals surface area contributed by atoms with Gasteiger partial charge in [-0.15, -0.1) is 13.2 Å². The molecule has 0 aromatic heterocycles. The van der Waals surface area contributed by atoms with E-state index in [1.807, 2.05) is 26.1 Å². The molecule has 1 aromatic rings. The summed E-state index contributed by atoms with van der Waals surface area (Å²) in [4.78, 5) is 0. The molecular formula is C23H35Br2N3O. The molecule has 1 fully saturated rings. The quantitative estimate of drug-likeness (QED) is 0.343. The van der Waals surface area contributed by atoms with Crippen molar-refractivity contribution < 1.29 is 5.11 Å². The zero-order valence-electron chi connectivity index (χ0n) is 17.8. The molecule has 6 heteroatoms. The van der Waals surface area contributed by atoms with Crippen molar-refractivity contribution in [3.05, 3.63) is 63.2 Å². The minimum absolute atomic E-state index is 0.336. The minimum atomic E-state index is 0.336. The van der Waals surface area contributed by atoms with E-state index in [4.69, 9.17) is 0 Å². The van der Waals surface area contributed by atoms with Crippen LogP contribution in [0.5, 0.6) is 5.75 Å². The standard InChI is InChI=1S/C15H15Br2NO.C4H10N2.C2H6.C2H4/c1-8-14-9(5-12(19)6-13(14)17)2-3-10-4-11(16)7-18-15(8)10;1-2-6-4-3-5-1;2*1-2/h4-8,15,18-19H,2-3H2,1H3;5-6H,1-4H2;1-2H3;1-2H2/t8-,15?;;;/m1.../s1. The molecule has 2 aliphatic heterocycles. The monoisotopic (exact) mass is 527 g/mol. The maximum atomic E-state index is 9.77. The molecule has 0 radical (unpaired) electrons. The highest BCUT2D eigenvalue weighted by atomic mass is 79.9. The summed E-state index contributed by atoms with van der Waals surface area (Å²) >= 11 is 7.13. The summed E-state index contributed by atoms with van der Waals surface area (Å²) in [5, 5.41) is 19.7. The van der Waals surface area contributed by atoms with Crippen LogP contribution in [-0.4, -0.2) is 37.3 Å². The van der Waals surface area contributed by atoms with Gasteiger partial charge in [0.05, 0.1) is 6.04 Å². The molecule has 1 aliphatic carbocycles. The number of piperazine rings is 1. The summed E-state index contributed by atoms with van der Waals surface area (Å²) in [6, 6.07) is 4.03. The van der Waals surface area contributed by atoms with Gasteiger partial charge in [-0.2, -0.15) is 0 Å². The van der Waals surface area contributed by atoms with Crippen LogP contribution in [-0.2, 0) is 6.42 Å². The van der Waals surface area contributed by atoms with Gasteiger partial charge in [0, 0.05) is 47.3 Å². The van der Waals surface area contributed by atoms with Crippen LogP contribution in [0.1, 0.15) is 44.2 Å². The Balaban J connectivity index is 0.000000353. The van der Waals surface area contributed by atoms with Crippen LogP contribution < -0.4 is 16.0 Å². The van der Waals surface area contributed by atoms with Gasteiger partial charge in [0.1, 0.15) is 5.75 Å². The third-order valence-electron chi connectivity index (χ3n) is 4.92. The molecule has 0 amide bonds. The molecule has 1 unspecified atom stereocenters. The third-order valence-corrected chi connectivity index (χ3v) is 6.03. The van der Waals surface area contributed by atoms with E-state index in [0.717, 1.165) is 48.0 Å². The molecule has 1 aromatic carbocycles. The SMILES string of the molecule is C1CNCCN1.C=C.CC.C[C@@H]1c2c(Br)cc(O)cc2CCC2=CC(Br)=CNC21. The molecular weight excluding hydrogens is 494 g/mol. The maximum Gasteiger partial charge on any atom is 0.116 e. The minimum Gasteiger partial charge on any atom is -0.508 e. The molecule has 3 aliphatic rings. The first-order valence-corrected chi connectivity index (χ1v) is 11.9. The molecule has 2 atom stereocenters. The number of fused-ring (bicyclic) bond motifs is 2. The van der Waals surface area contributed by atoms with Crippen molar-refractivity contribution in [1.29, 1.82) is 0 Å². The van der Waals surface area contributed by atoms with Crippen molar-refractivity contribution >= 4 is 31.9 Å². The highest BCUT2D eigenvalue weighted by molar-refractivity contribution is 9.12. The Morgan fingerprint density at radius 3 is 2.14 bits per heavy atom. The molecule has 0 saturated carbocycles. The van der Waals surface area contributed by atoms with Gasteiger partial charge in [-0.25, -0.2) is 0 Å². The zero-order valence-corrected chi connectivity index (χ0v) is 21.0. The number of rotatable bonds is 0. The fraction of sp³-hybridized carbons (Fsp3) is 0.478. The van der Waals surface area contributed by atoms with E-state index in [1.165, 1.54) is 16.7 Å². The van der Waals surface area contributed by atoms with Crippen LogP contribution in [0.25, 0.3) is 0 Å². The van der Waals surface area contributed by atoms with E-state index >= 15 is 0 Å². The Hall–Kier alpha value is -1.08. The smallest absolute Gasteiger partial charge is 0.116 e. The van der Waals surface area contributed by atoms with E-state index in [0.29, 0.717) is 17.7 Å². The van der Waals surface area contributed by atoms with Gasteiger partial charge in [-0.1, -0.05) is 36.7 Å². The van der Waals surface area contributed by atoms with E-state index in [1.54, 1.807) is 6.07 Å². The molecule has 29 heavy (non-hydrogen) atoms. The molecule has 4 N–H and O–H groups in total. The van der Waals surface area contributed by atoms with Gasteiger partial charge in [0.25, 0.3) is 0 Å². The zero-order chi connectivity index (χ0) is 21.8. The Labute approximate surface area is 193 Å². The first kappa shape index (κ1) is 26.0. The Morgan fingerprint density at radius 2 is 1.59 bits per heavy atom. The summed E-state index contributed by atoms with van der Waals surface area (Å²) in [6.45, 7) is 16.8. The van der Waals surface area contributed by atoms with E-state index in [9.17, 15) is 5.11 Å². The highest BCUT2D eigenvalue weighted by Gasteiger charge is 2.30. The molecule has 4 rings (SSSR count). The summed E-state index contributed by atoms with van der Waals surface area (Å²) in [7, 11) is 0. The molecule has 4 nitrogen and oxygen atoms in total. The lowest BCUT2D eigenvalue weighted by Crippen LogP contribution is -2.39.